The van der Waals surface area contributed by atoms with Crippen LogP contribution in [0.4, 0.5) is 19.1 Å². The summed E-state index contributed by atoms with van der Waals surface area (Å²) in [4.78, 5) is 20.6. The van der Waals surface area contributed by atoms with Crippen molar-refractivity contribution in [2.45, 2.75) is 44.8 Å². The summed E-state index contributed by atoms with van der Waals surface area (Å²) < 4.78 is 41.2. The molecule has 1 amide bonds. The zero-order chi connectivity index (χ0) is 22.2. The maximum absolute atomic E-state index is 14.4. The number of benzene rings is 1. The number of nitrogens with one attached hydrogen (secondary N) is 2. The number of anilines is 1. The highest BCUT2D eigenvalue weighted by molar-refractivity contribution is 6.29. The average Bonchev–Trinajstić information content (AvgIpc) is 3.02. The van der Waals surface area contributed by atoms with Gasteiger partial charge in [-0.2, -0.15) is 0 Å². The van der Waals surface area contributed by atoms with E-state index in [2.05, 4.69) is 20.6 Å². The molecule has 0 bridgehead atoms. The van der Waals surface area contributed by atoms with Crippen LogP contribution in [0.1, 0.15) is 49.6 Å². The Morgan fingerprint density at radius 1 is 1.30 bits per heavy atom. The Morgan fingerprint density at radius 3 is 2.60 bits per heavy atom. The van der Waals surface area contributed by atoms with Crippen molar-refractivity contribution in [3.63, 3.8) is 0 Å². The first-order chi connectivity index (χ1) is 14.0. The van der Waals surface area contributed by atoms with Gasteiger partial charge in [0.15, 0.2) is 0 Å². The molecule has 1 aliphatic rings. The normalized spacial score (nSPS) is 21.3. The molecule has 0 spiro atoms. The van der Waals surface area contributed by atoms with Crippen molar-refractivity contribution < 1.29 is 23.1 Å². The lowest BCUT2D eigenvalue weighted by atomic mass is 9.88. The van der Waals surface area contributed by atoms with Gasteiger partial charge in [-0.1, -0.05) is 23.7 Å². The van der Waals surface area contributed by atoms with Crippen molar-refractivity contribution in [3.05, 3.63) is 52.1 Å². The Hall–Kier alpha value is -2.39. The highest BCUT2D eigenvalue weighted by Gasteiger charge is 2.40. The van der Waals surface area contributed by atoms with Crippen molar-refractivity contribution in [1.82, 2.24) is 15.3 Å². The van der Waals surface area contributed by atoms with Crippen LogP contribution < -0.4 is 10.6 Å². The largest absolute Gasteiger partial charge is 0.393 e. The summed E-state index contributed by atoms with van der Waals surface area (Å²) in [7, 11) is 0. The number of carbonyl (C=O) groups is 1. The van der Waals surface area contributed by atoms with E-state index in [4.69, 9.17) is 11.6 Å². The molecule has 0 aliphatic carbocycles. The van der Waals surface area contributed by atoms with Crippen molar-refractivity contribution in [1.29, 1.82) is 0 Å². The van der Waals surface area contributed by atoms with Crippen LogP contribution in [-0.2, 0) is 10.7 Å². The number of nitrogens with zero attached hydrogens (tertiary/aromatic N) is 2. The summed E-state index contributed by atoms with van der Waals surface area (Å²) in [5, 5.41) is 15.6. The monoisotopic (exact) mass is 442 g/mol. The summed E-state index contributed by atoms with van der Waals surface area (Å²) in [6, 6.07) is 4.02. The van der Waals surface area contributed by atoms with Crippen LogP contribution in [0, 0.1) is 11.7 Å². The van der Waals surface area contributed by atoms with Crippen LogP contribution >= 0.6 is 11.6 Å². The highest BCUT2D eigenvalue weighted by atomic mass is 35.5. The van der Waals surface area contributed by atoms with E-state index in [0.29, 0.717) is 19.2 Å². The van der Waals surface area contributed by atoms with Crippen molar-refractivity contribution >= 4 is 23.5 Å². The highest BCUT2D eigenvalue weighted by Crippen LogP contribution is 2.33. The molecule has 3 N–H and O–H groups in total. The van der Waals surface area contributed by atoms with Crippen molar-refractivity contribution in [2.24, 2.45) is 5.92 Å². The fourth-order valence-corrected chi connectivity index (χ4v) is 3.72. The number of hydrogen-bond donors (Lipinski definition) is 3. The van der Waals surface area contributed by atoms with Crippen molar-refractivity contribution in [2.75, 3.05) is 11.9 Å². The summed E-state index contributed by atoms with van der Waals surface area (Å²) in [6.45, 7) is 4.22. The van der Waals surface area contributed by atoms with Crippen LogP contribution in [-0.4, -0.2) is 33.6 Å². The van der Waals surface area contributed by atoms with E-state index in [9.17, 15) is 23.1 Å². The lowest BCUT2D eigenvalue weighted by Crippen LogP contribution is -2.25. The summed E-state index contributed by atoms with van der Waals surface area (Å²) in [6.07, 6.45) is -0.748. The standard InChI is InChI=1S/C20H22ClF3N4O2/c1-9(12-5-4-11(6-14(12)22)20(3,23)24)26-19-27-15(7-16(21)28-19)17-13(10(2)29)8-25-18(17)30/h4-7,9-10,13,17,29H,8H2,1-3H3,(H,25,30)(H,26,27,28)/t9-,10+,13?,17+/m0/s1. The van der Waals surface area contributed by atoms with E-state index in [1.807, 2.05) is 0 Å². The fourth-order valence-electron chi connectivity index (χ4n) is 3.53. The number of rotatable bonds is 6. The third-order valence-corrected chi connectivity index (χ3v) is 5.39. The second kappa shape index (κ2) is 8.39. The van der Waals surface area contributed by atoms with Gasteiger partial charge in [0.05, 0.1) is 23.8 Å². The molecule has 1 unspecified atom stereocenters. The molecule has 1 saturated heterocycles. The number of aromatic nitrogens is 2. The molecule has 0 saturated carbocycles. The van der Waals surface area contributed by atoms with Crippen LogP contribution in [0.5, 0.6) is 0 Å². The van der Waals surface area contributed by atoms with E-state index >= 15 is 0 Å². The Bertz CT molecular complexity index is 952. The summed E-state index contributed by atoms with van der Waals surface area (Å²) >= 11 is 6.09. The van der Waals surface area contributed by atoms with Gasteiger partial charge in [0, 0.05) is 30.5 Å². The van der Waals surface area contributed by atoms with Crippen LogP contribution in [0.3, 0.4) is 0 Å². The van der Waals surface area contributed by atoms with Gasteiger partial charge in [-0.25, -0.2) is 23.1 Å². The van der Waals surface area contributed by atoms with E-state index in [0.717, 1.165) is 12.1 Å². The summed E-state index contributed by atoms with van der Waals surface area (Å²) in [5.74, 6) is -5.25. The lowest BCUT2D eigenvalue weighted by Gasteiger charge is -2.21. The van der Waals surface area contributed by atoms with Gasteiger partial charge < -0.3 is 15.7 Å². The molecule has 2 aromatic rings. The fraction of sp³-hybridized carbons (Fsp3) is 0.450. The topological polar surface area (TPSA) is 87.1 Å². The molecular weight excluding hydrogens is 421 g/mol. The first kappa shape index (κ1) is 22.3. The molecule has 10 heteroatoms. The Kier molecular flexibility index (Phi) is 6.24. The number of aliphatic hydroxyl groups excluding tert-OH is 1. The van der Waals surface area contributed by atoms with Crippen LogP contribution in [0.25, 0.3) is 0 Å². The molecule has 1 fully saturated rings. The van der Waals surface area contributed by atoms with Gasteiger partial charge in [-0.3, -0.25) is 4.79 Å². The predicted molar refractivity (Wildman–Crippen MR) is 106 cm³/mol. The van der Waals surface area contributed by atoms with E-state index in [-0.39, 0.29) is 28.5 Å². The van der Waals surface area contributed by atoms with Crippen LogP contribution in [0.2, 0.25) is 5.15 Å². The van der Waals surface area contributed by atoms with E-state index < -0.39 is 35.4 Å². The molecule has 4 atom stereocenters. The minimum atomic E-state index is -3.15. The summed E-state index contributed by atoms with van der Waals surface area (Å²) in [5.41, 5.74) is 0.0503. The molecule has 162 valence electrons. The Labute approximate surface area is 176 Å². The maximum atomic E-state index is 14.4. The minimum Gasteiger partial charge on any atom is -0.393 e. The first-order valence-electron chi connectivity index (χ1n) is 9.42. The first-order valence-corrected chi connectivity index (χ1v) is 9.79. The quantitative estimate of drug-likeness (QED) is 0.593. The Balaban J connectivity index is 1.86. The smallest absolute Gasteiger partial charge is 0.270 e. The van der Waals surface area contributed by atoms with Gasteiger partial charge in [0.1, 0.15) is 11.0 Å². The molecule has 1 aromatic heterocycles. The molecule has 6 nitrogen and oxygen atoms in total. The number of halogens is 4. The van der Waals surface area contributed by atoms with Crippen molar-refractivity contribution in [3.8, 4) is 0 Å². The van der Waals surface area contributed by atoms with Gasteiger partial charge in [-0.05, 0) is 26.0 Å². The van der Waals surface area contributed by atoms with Crippen LogP contribution in [0.15, 0.2) is 24.3 Å². The Morgan fingerprint density at radius 2 is 2.00 bits per heavy atom. The molecule has 0 radical (unpaired) electrons. The van der Waals surface area contributed by atoms with E-state index in [1.54, 1.807) is 13.8 Å². The molecular formula is C20H22ClF3N4O2. The van der Waals surface area contributed by atoms with Gasteiger partial charge in [-0.15, -0.1) is 0 Å². The third kappa shape index (κ3) is 4.67. The number of hydrogen-bond acceptors (Lipinski definition) is 5. The second-order valence-electron chi connectivity index (χ2n) is 7.56. The zero-order valence-electron chi connectivity index (χ0n) is 16.6. The molecule has 1 aromatic carbocycles. The van der Waals surface area contributed by atoms with Gasteiger partial charge >= 0.3 is 0 Å². The number of carbonyl (C=O) groups excluding carboxylic acids is 1. The number of alkyl halides is 2. The average molecular weight is 443 g/mol. The SMILES string of the molecule is C[C@H](Nc1nc(Cl)cc([C@@H]2C(=O)NCC2[C@@H](C)O)n1)c1ccc(C(C)(F)F)cc1F. The predicted octanol–water partition coefficient (Wildman–Crippen LogP) is 3.76. The zero-order valence-corrected chi connectivity index (χ0v) is 17.3. The molecule has 3 rings (SSSR count). The molecule has 30 heavy (non-hydrogen) atoms. The number of aliphatic hydroxyl groups is 1. The van der Waals surface area contributed by atoms with E-state index in [1.165, 1.54) is 12.1 Å². The van der Waals surface area contributed by atoms with Gasteiger partial charge in [0.2, 0.25) is 11.9 Å². The molecule has 2 heterocycles. The molecule has 1 aliphatic heterocycles. The number of amides is 1. The third-order valence-electron chi connectivity index (χ3n) is 5.20. The minimum absolute atomic E-state index is 0.0540. The maximum Gasteiger partial charge on any atom is 0.270 e. The van der Waals surface area contributed by atoms with Gasteiger partial charge in [0.25, 0.3) is 5.92 Å². The lowest BCUT2D eigenvalue weighted by molar-refractivity contribution is -0.121. The second-order valence-corrected chi connectivity index (χ2v) is 7.94.